The van der Waals surface area contributed by atoms with Crippen molar-refractivity contribution < 1.29 is 9.53 Å². The van der Waals surface area contributed by atoms with Crippen LogP contribution in [0.15, 0.2) is 53.0 Å². The van der Waals surface area contributed by atoms with Crippen LogP contribution in [0.3, 0.4) is 0 Å². The van der Waals surface area contributed by atoms with E-state index in [0.29, 0.717) is 11.6 Å². The van der Waals surface area contributed by atoms with Gasteiger partial charge in [-0.15, -0.1) is 5.10 Å². The molecule has 0 saturated carbocycles. The molecule has 0 saturated heterocycles. The van der Waals surface area contributed by atoms with Gasteiger partial charge in [-0.3, -0.25) is 15.2 Å². The number of nitrogens with one attached hydrogen (secondary N) is 2. The van der Waals surface area contributed by atoms with Crippen LogP contribution in [-0.4, -0.2) is 27.7 Å². The van der Waals surface area contributed by atoms with Gasteiger partial charge in [-0.1, -0.05) is 46.3 Å². The van der Waals surface area contributed by atoms with Gasteiger partial charge < -0.3 is 4.74 Å². The second kappa shape index (κ2) is 7.27. The number of rotatable bonds is 5. The molecule has 0 unspecified atom stereocenters. The molecule has 0 atom stereocenters. The minimum atomic E-state index is -0.325. The molecule has 1 heterocycles. The van der Waals surface area contributed by atoms with Crippen LogP contribution in [0.1, 0.15) is 5.56 Å². The van der Waals surface area contributed by atoms with E-state index >= 15 is 0 Å². The van der Waals surface area contributed by atoms with E-state index in [1.807, 2.05) is 49.4 Å². The molecule has 3 rings (SSSR count). The summed E-state index contributed by atoms with van der Waals surface area (Å²) in [7, 11) is 0. The fourth-order valence-electron chi connectivity index (χ4n) is 2.11. The number of anilines is 1. The molecule has 6 nitrogen and oxygen atoms in total. The maximum Gasteiger partial charge on any atom is 0.264 e. The third-order valence-electron chi connectivity index (χ3n) is 3.23. The minimum Gasteiger partial charge on any atom is -0.484 e. The zero-order chi connectivity index (χ0) is 16.9. The number of halogens is 1. The Morgan fingerprint density at radius 1 is 1.25 bits per heavy atom. The fourth-order valence-corrected chi connectivity index (χ4v) is 2.58. The topological polar surface area (TPSA) is 79.9 Å². The van der Waals surface area contributed by atoms with Crippen molar-refractivity contribution in [3.05, 3.63) is 58.6 Å². The van der Waals surface area contributed by atoms with E-state index < -0.39 is 0 Å². The first kappa shape index (κ1) is 16.2. The predicted octanol–water partition coefficient (Wildman–Crippen LogP) is 3.56. The Labute approximate surface area is 147 Å². The lowest BCUT2D eigenvalue weighted by molar-refractivity contribution is -0.118. The van der Waals surface area contributed by atoms with Crippen LogP contribution in [0.25, 0.3) is 11.4 Å². The van der Waals surface area contributed by atoms with E-state index in [0.717, 1.165) is 15.6 Å². The van der Waals surface area contributed by atoms with Crippen LogP contribution in [-0.2, 0) is 4.79 Å². The third-order valence-corrected chi connectivity index (χ3v) is 3.92. The van der Waals surface area contributed by atoms with Crippen molar-refractivity contribution in [2.75, 3.05) is 11.9 Å². The smallest absolute Gasteiger partial charge is 0.264 e. The van der Waals surface area contributed by atoms with Gasteiger partial charge in [-0.2, -0.15) is 4.98 Å². The molecule has 2 N–H and O–H groups in total. The maximum absolute atomic E-state index is 11.9. The summed E-state index contributed by atoms with van der Waals surface area (Å²) >= 11 is 3.45. The summed E-state index contributed by atoms with van der Waals surface area (Å²) in [6.45, 7) is 1.85. The maximum atomic E-state index is 11.9. The average molecular weight is 387 g/mol. The second-order valence-corrected chi connectivity index (χ2v) is 6.00. The number of aromatic amines is 1. The van der Waals surface area contributed by atoms with Gasteiger partial charge >= 0.3 is 0 Å². The summed E-state index contributed by atoms with van der Waals surface area (Å²) in [5, 5.41) is 9.40. The van der Waals surface area contributed by atoms with Gasteiger partial charge in [-0.25, -0.2) is 0 Å². The highest BCUT2D eigenvalue weighted by Crippen LogP contribution is 2.25. The number of carbonyl (C=O) groups excluding carboxylic acids is 1. The molecule has 3 aromatic rings. The normalized spacial score (nSPS) is 10.4. The Morgan fingerprint density at radius 2 is 2.08 bits per heavy atom. The Kier molecular flexibility index (Phi) is 4.90. The second-order valence-electron chi connectivity index (χ2n) is 5.14. The average Bonchev–Trinajstić information content (AvgIpc) is 3.02. The van der Waals surface area contributed by atoms with Crippen LogP contribution >= 0.6 is 15.9 Å². The molecule has 7 heteroatoms. The molecule has 1 aromatic heterocycles. The first-order chi connectivity index (χ1) is 11.6. The van der Waals surface area contributed by atoms with Gasteiger partial charge in [0.15, 0.2) is 12.4 Å². The number of hydrogen-bond donors (Lipinski definition) is 2. The molecular weight excluding hydrogens is 372 g/mol. The van der Waals surface area contributed by atoms with Crippen molar-refractivity contribution in [3.8, 4) is 17.1 Å². The van der Waals surface area contributed by atoms with E-state index in [1.54, 1.807) is 6.07 Å². The molecule has 0 aliphatic carbocycles. The van der Waals surface area contributed by atoms with Gasteiger partial charge in [0.05, 0.1) is 0 Å². The largest absolute Gasteiger partial charge is 0.484 e. The Hall–Kier alpha value is -2.67. The van der Waals surface area contributed by atoms with Crippen LogP contribution in [0.2, 0.25) is 0 Å². The predicted molar refractivity (Wildman–Crippen MR) is 94.8 cm³/mol. The van der Waals surface area contributed by atoms with Crippen LogP contribution in [0, 0.1) is 6.92 Å². The van der Waals surface area contributed by atoms with Gasteiger partial charge in [0.2, 0.25) is 5.95 Å². The summed E-state index contributed by atoms with van der Waals surface area (Å²) < 4.78 is 6.34. The summed E-state index contributed by atoms with van der Waals surface area (Å²) in [5.41, 5.74) is 1.93. The number of carbonyl (C=O) groups is 1. The molecule has 0 bridgehead atoms. The molecular formula is C17H15BrN4O2. The van der Waals surface area contributed by atoms with E-state index in [-0.39, 0.29) is 18.5 Å². The van der Waals surface area contributed by atoms with E-state index in [1.165, 1.54) is 0 Å². The summed E-state index contributed by atoms with van der Waals surface area (Å²) in [6.07, 6.45) is 0. The van der Waals surface area contributed by atoms with Crippen molar-refractivity contribution in [2.24, 2.45) is 0 Å². The fraction of sp³-hybridized carbons (Fsp3) is 0.118. The third kappa shape index (κ3) is 3.99. The highest BCUT2D eigenvalue weighted by atomic mass is 79.9. The zero-order valence-electron chi connectivity index (χ0n) is 12.9. The highest BCUT2D eigenvalue weighted by Gasteiger charge is 2.11. The van der Waals surface area contributed by atoms with Crippen molar-refractivity contribution >= 4 is 27.8 Å². The van der Waals surface area contributed by atoms with Gasteiger partial charge in [0, 0.05) is 10.0 Å². The van der Waals surface area contributed by atoms with Crippen molar-refractivity contribution in [1.29, 1.82) is 0 Å². The number of benzene rings is 2. The van der Waals surface area contributed by atoms with Crippen molar-refractivity contribution in [3.63, 3.8) is 0 Å². The highest BCUT2D eigenvalue weighted by molar-refractivity contribution is 9.10. The molecule has 0 radical (unpaired) electrons. The lowest BCUT2D eigenvalue weighted by Crippen LogP contribution is -2.20. The van der Waals surface area contributed by atoms with Gasteiger partial charge in [-0.05, 0) is 30.7 Å². The number of amides is 1. The molecule has 0 aliphatic rings. The Morgan fingerprint density at radius 3 is 2.88 bits per heavy atom. The number of aryl methyl sites for hydroxylation is 1. The number of ether oxygens (including phenoxy) is 1. The quantitative estimate of drug-likeness (QED) is 0.702. The summed E-state index contributed by atoms with van der Waals surface area (Å²) in [6, 6.07) is 15.1. The molecule has 2 aromatic carbocycles. The summed E-state index contributed by atoms with van der Waals surface area (Å²) in [5.74, 6) is 1.10. The summed E-state index contributed by atoms with van der Waals surface area (Å²) in [4.78, 5) is 16.2. The van der Waals surface area contributed by atoms with Crippen molar-refractivity contribution in [1.82, 2.24) is 15.2 Å². The number of nitrogens with zero attached hydrogens (tertiary/aromatic N) is 2. The van der Waals surface area contributed by atoms with E-state index in [4.69, 9.17) is 4.74 Å². The minimum absolute atomic E-state index is 0.109. The first-order valence-corrected chi connectivity index (χ1v) is 8.08. The standard InChI is InChI=1S/C17H15BrN4O2/c1-11-5-4-6-12(9-11)24-10-15(23)19-17-20-16(21-22-17)13-7-2-3-8-14(13)18/h2-9H,10H2,1H3,(H2,19,20,21,22,23). The van der Waals surface area contributed by atoms with E-state index in [2.05, 4.69) is 36.4 Å². The van der Waals surface area contributed by atoms with Gasteiger partial charge in [0.25, 0.3) is 5.91 Å². The van der Waals surface area contributed by atoms with Crippen molar-refractivity contribution in [2.45, 2.75) is 6.92 Å². The van der Waals surface area contributed by atoms with E-state index in [9.17, 15) is 4.79 Å². The lowest BCUT2D eigenvalue weighted by atomic mass is 10.2. The number of H-pyrrole nitrogens is 1. The molecule has 0 aliphatic heterocycles. The van der Waals surface area contributed by atoms with Crippen LogP contribution in [0.5, 0.6) is 5.75 Å². The monoisotopic (exact) mass is 386 g/mol. The Balaban J connectivity index is 1.60. The molecule has 24 heavy (non-hydrogen) atoms. The number of aromatic nitrogens is 3. The molecule has 0 fully saturated rings. The number of hydrogen-bond acceptors (Lipinski definition) is 4. The van der Waals surface area contributed by atoms with Crippen LogP contribution in [0.4, 0.5) is 5.95 Å². The molecule has 122 valence electrons. The molecule has 1 amide bonds. The molecule has 0 spiro atoms. The zero-order valence-corrected chi connectivity index (χ0v) is 14.5. The lowest BCUT2D eigenvalue weighted by Gasteiger charge is -2.05. The van der Waals surface area contributed by atoms with Crippen LogP contribution < -0.4 is 10.1 Å². The first-order valence-electron chi connectivity index (χ1n) is 7.28. The van der Waals surface area contributed by atoms with Gasteiger partial charge in [0.1, 0.15) is 5.75 Å². The SMILES string of the molecule is Cc1cccc(OCC(=O)Nc2n[nH]c(-c3ccccc3Br)n2)c1. The Bertz CT molecular complexity index is 863.